The van der Waals surface area contributed by atoms with Gasteiger partial charge in [-0.3, -0.25) is 0 Å². The fourth-order valence-electron chi connectivity index (χ4n) is 6.42. The van der Waals surface area contributed by atoms with Crippen LogP contribution in [0.5, 0.6) is 11.5 Å². The highest BCUT2D eigenvalue weighted by Gasteiger charge is 2.35. The molecule has 3 nitrogen and oxygen atoms in total. The van der Waals surface area contributed by atoms with Crippen molar-refractivity contribution < 1.29 is 4.74 Å². The lowest BCUT2D eigenvalue weighted by Gasteiger charge is -2.35. The summed E-state index contributed by atoms with van der Waals surface area (Å²) in [5.41, 5.74) is 10.6. The Morgan fingerprint density at radius 3 is 1.95 bits per heavy atom. The van der Waals surface area contributed by atoms with Crippen molar-refractivity contribution >= 4 is 10.9 Å². The van der Waals surface area contributed by atoms with Crippen LogP contribution in [0.2, 0.25) is 0 Å². The molecule has 1 aromatic heterocycles. The van der Waals surface area contributed by atoms with E-state index in [0.29, 0.717) is 5.82 Å². The fraction of sp³-hybridized carbons (Fsp3) is 0.0732. The third kappa shape index (κ3) is 4.37. The molecule has 6 aromatic carbocycles. The average molecular weight is 567 g/mol. The highest BCUT2D eigenvalue weighted by Crippen LogP contribution is 2.51. The Balaban J connectivity index is 1.21. The lowest BCUT2D eigenvalue weighted by atomic mass is 9.75. The van der Waals surface area contributed by atoms with E-state index in [1.165, 1.54) is 11.1 Å². The van der Waals surface area contributed by atoms with Crippen LogP contribution in [0, 0.1) is 0 Å². The van der Waals surface area contributed by atoms with Crippen molar-refractivity contribution in [2.45, 2.75) is 19.3 Å². The van der Waals surface area contributed by atoms with Crippen molar-refractivity contribution in [1.82, 2.24) is 9.97 Å². The summed E-state index contributed by atoms with van der Waals surface area (Å²) in [5.74, 6) is 2.57. The first-order valence-corrected chi connectivity index (χ1v) is 15.0. The Bertz CT molecular complexity index is 2180. The third-order valence-corrected chi connectivity index (χ3v) is 8.74. The first kappa shape index (κ1) is 26.1. The van der Waals surface area contributed by atoms with Crippen LogP contribution in [0.15, 0.2) is 146 Å². The zero-order chi connectivity index (χ0) is 29.7. The van der Waals surface area contributed by atoms with Crippen LogP contribution in [0.4, 0.5) is 0 Å². The van der Waals surface area contributed by atoms with Gasteiger partial charge in [-0.2, -0.15) is 0 Å². The number of hydrogen-bond donors (Lipinski definition) is 0. The number of benzene rings is 6. The van der Waals surface area contributed by atoms with Crippen molar-refractivity contribution in [2.24, 2.45) is 0 Å². The van der Waals surface area contributed by atoms with E-state index in [4.69, 9.17) is 14.7 Å². The van der Waals surface area contributed by atoms with Crippen molar-refractivity contribution in [3.63, 3.8) is 0 Å². The maximum atomic E-state index is 6.59. The minimum Gasteiger partial charge on any atom is -0.456 e. The lowest BCUT2D eigenvalue weighted by molar-refractivity contribution is 0.419. The number of aromatic nitrogens is 2. The molecule has 0 amide bonds. The van der Waals surface area contributed by atoms with Gasteiger partial charge in [0.05, 0.1) is 11.2 Å². The third-order valence-electron chi connectivity index (χ3n) is 8.74. The molecule has 0 aliphatic carbocycles. The topological polar surface area (TPSA) is 35.0 Å². The minimum atomic E-state index is -0.162. The van der Waals surface area contributed by atoms with Gasteiger partial charge in [-0.25, -0.2) is 9.97 Å². The Kier molecular flexibility index (Phi) is 6.13. The number of hydrogen-bond acceptors (Lipinski definition) is 3. The van der Waals surface area contributed by atoms with Gasteiger partial charge in [0.1, 0.15) is 11.5 Å². The highest BCUT2D eigenvalue weighted by atomic mass is 16.5. The van der Waals surface area contributed by atoms with Crippen molar-refractivity contribution in [1.29, 1.82) is 0 Å². The number of rotatable bonds is 4. The molecule has 0 atom stereocenters. The van der Waals surface area contributed by atoms with Gasteiger partial charge in [0, 0.05) is 38.6 Å². The molecule has 2 heterocycles. The summed E-state index contributed by atoms with van der Waals surface area (Å²) in [6, 6.07) is 50.6. The maximum Gasteiger partial charge on any atom is 0.160 e. The van der Waals surface area contributed by atoms with E-state index in [1.54, 1.807) is 0 Å². The molecule has 0 radical (unpaired) electrons. The molecule has 7 aromatic rings. The predicted molar refractivity (Wildman–Crippen MR) is 180 cm³/mol. The molecule has 0 saturated carbocycles. The summed E-state index contributed by atoms with van der Waals surface area (Å²) in [7, 11) is 0. The van der Waals surface area contributed by atoms with Crippen LogP contribution in [0.1, 0.15) is 25.0 Å². The molecule has 1 aliphatic heterocycles. The number of ether oxygens (including phenoxy) is 1. The summed E-state index contributed by atoms with van der Waals surface area (Å²) in [5, 5.41) is 1.05. The first-order chi connectivity index (χ1) is 21.6. The predicted octanol–water partition coefficient (Wildman–Crippen LogP) is 10.7. The number of para-hydroxylation sites is 3. The van der Waals surface area contributed by atoms with Crippen LogP contribution in [0.3, 0.4) is 0 Å². The largest absolute Gasteiger partial charge is 0.456 e. The van der Waals surface area contributed by atoms with E-state index >= 15 is 0 Å². The highest BCUT2D eigenvalue weighted by molar-refractivity contribution is 5.93. The summed E-state index contributed by atoms with van der Waals surface area (Å²) in [6.07, 6.45) is 0. The summed E-state index contributed by atoms with van der Waals surface area (Å²) >= 11 is 0. The second kappa shape index (κ2) is 10.3. The van der Waals surface area contributed by atoms with Crippen LogP contribution < -0.4 is 4.74 Å². The molecule has 210 valence electrons. The SMILES string of the molecule is CC1(C)c2ccccc2Oc2c(-c3cccc(-c4cccc(-c5nc(-c6ccccc6)c6ccccc6n5)c4)c3)cccc21. The molecule has 0 unspecified atom stereocenters. The van der Waals surface area contributed by atoms with Crippen molar-refractivity contribution in [3.05, 3.63) is 157 Å². The molecule has 0 spiro atoms. The summed E-state index contributed by atoms with van der Waals surface area (Å²) in [6.45, 7) is 4.55. The van der Waals surface area contributed by atoms with Gasteiger partial charge >= 0.3 is 0 Å². The molecule has 0 saturated heterocycles. The van der Waals surface area contributed by atoms with E-state index in [1.807, 2.05) is 36.4 Å². The van der Waals surface area contributed by atoms with E-state index in [0.717, 1.165) is 61.5 Å². The van der Waals surface area contributed by atoms with Gasteiger partial charge in [0.15, 0.2) is 5.82 Å². The van der Waals surface area contributed by atoms with Gasteiger partial charge in [-0.05, 0) is 41.0 Å². The van der Waals surface area contributed by atoms with E-state index in [-0.39, 0.29) is 5.41 Å². The van der Waals surface area contributed by atoms with Gasteiger partial charge in [0.2, 0.25) is 0 Å². The molecule has 0 N–H and O–H groups in total. The second-order valence-electron chi connectivity index (χ2n) is 11.8. The van der Waals surface area contributed by atoms with E-state index < -0.39 is 0 Å². The van der Waals surface area contributed by atoms with Gasteiger partial charge < -0.3 is 4.74 Å². The minimum absolute atomic E-state index is 0.162. The molecule has 0 fully saturated rings. The Labute approximate surface area is 257 Å². The normalized spacial score (nSPS) is 13.1. The summed E-state index contributed by atoms with van der Waals surface area (Å²) in [4.78, 5) is 10.1. The van der Waals surface area contributed by atoms with Crippen LogP contribution >= 0.6 is 0 Å². The summed E-state index contributed by atoms with van der Waals surface area (Å²) < 4.78 is 6.59. The monoisotopic (exact) mass is 566 g/mol. The first-order valence-electron chi connectivity index (χ1n) is 15.0. The average Bonchev–Trinajstić information content (AvgIpc) is 3.08. The van der Waals surface area contributed by atoms with Crippen molar-refractivity contribution in [2.75, 3.05) is 0 Å². The molecular weight excluding hydrogens is 536 g/mol. The Morgan fingerprint density at radius 2 is 1.11 bits per heavy atom. The number of nitrogens with zero attached hydrogens (tertiary/aromatic N) is 2. The van der Waals surface area contributed by atoms with Gasteiger partial charge in [-0.1, -0.05) is 135 Å². The zero-order valence-electron chi connectivity index (χ0n) is 24.7. The van der Waals surface area contributed by atoms with Gasteiger partial charge in [0.25, 0.3) is 0 Å². The lowest BCUT2D eigenvalue weighted by Crippen LogP contribution is -2.24. The molecule has 44 heavy (non-hydrogen) atoms. The second-order valence-corrected chi connectivity index (χ2v) is 11.8. The van der Waals surface area contributed by atoms with Gasteiger partial charge in [-0.15, -0.1) is 0 Å². The quantitative estimate of drug-likeness (QED) is 0.213. The van der Waals surface area contributed by atoms with Crippen molar-refractivity contribution in [3.8, 4) is 56.4 Å². The fourth-order valence-corrected chi connectivity index (χ4v) is 6.42. The molecule has 0 bridgehead atoms. The van der Waals surface area contributed by atoms with E-state index in [9.17, 15) is 0 Å². The van der Waals surface area contributed by atoms with Crippen LogP contribution in [-0.2, 0) is 5.41 Å². The molecule has 1 aliphatic rings. The Hall–Kier alpha value is -5.54. The molecular formula is C41H30N2O. The molecule has 8 rings (SSSR count). The van der Waals surface area contributed by atoms with E-state index in [2.05, 4.69) is 123 Å². The van der Waals surface area contributed by atoms with Crippen LogP contribution in [0.25, 0.3) is 55.8 Å². The zero-order valence-corrected chi connectivity index (χ0v) is 24.7. The molecule has 3 heteroatoms. The standard InChI is InChI=1S/C41H30N2O/c1-41(2)34-21-7-9-24-37(34)44-39-32(20-12-22-35(39)41)30-17-10-15-28(25-30)29-16-11-18-31(26-29)40-42-36-23-8-6-19-33(36)38(43-40)27-13-4-3-5-14-27/h3-26H,1-2H3. The smallest absolute Gasteiger partial charge is 0.160 e. The maximum absolute atomic E-state index is 6.59. The Morgan fingerprint density at radius 1 is 0.500 bits per heavy atom. The number of fused-ring (bicyclic) bond motifs is 3. The van der Waals surface area contributed by atoms with Crippen LogP contribution in [-0.4, -0.2) is 9.97 Å².